The van der Waals surface area contributed by atoms with E-state index in [1.54, 1.807) is 0 Å². The molecule has 0 bridgehead atoms. The summed E-state index contributed by atoms with van der Waals surface area (Å²) in [6, 6.07) is 8.28. The van der Waals surface area contributed by atoms with Gasteiger partial charge in [0.1, 0.15) is 11.3 Å². The fourth-order valence-corrected chi connectivity index (χ4v) is 2.61. The lowest BCUT2D eigenvalue weighted by molar-refractivity contribution is 0.0341. The summed E-state index contributed by atoms with van der Waals surface area (Å²) in [6.45, 7) is 5.37. The molecule has 1 saturated heterocycles. The Bertz CT molecular complexity index is 544. The van der Waals surface area contributed by atoms with E-state index in [1.165, 1.54) is 10.9 Å². The van der Waals surface area contributed by atoms with E-state index in [2.05, 4.69) is 22.3 Å². The van der Waals surface area contributed by atoms with Crippen LogP contribution >= 0.6 is 0 Å². The monoisotopic (exact) mass is 260 g/mol. The SMILES string of the molecule is CNCc1oc2ccccc2c1CN1CCOCC1. The van der Waals surface area contributed by atoms with E-state index in [9.17, 15) is 0 Å². The molecule has 4 nitrogen and oxygen atoms in total. The Morgan fingerprint density at radius 3 is 2.79 bits per heavy atom. The van der Waals surface area contributed by atoms with Gasteiger partial charge in [-0.1, -0.05) is 18.2 Å². The molecule has 0 amide bonds. The highest BCUT2D eigenvalue weighted by Gasteiger charge is 2.18. The Hall–Kier alpha value is -1.36. The zero-order valence-electron chi connectivity index (χ0n) is 11.3. The highest BCUT2D eigenvalue weighted by molar-refractivity contribution is 5.82. The highest BCUT2D eigenvalue weighted by Crippen LogP contribution is 2.27. The van der Waals surface area contributed by atoms with Gasteiger partial charge >= 0.3 is 0 Å². The molecule has 102 valence electrons. The summed E-state index contributed by atoms with van der Waals surface area (Å²) in [7, 11) is 1.95. The van der Waals surface area contributed by atoms with E-state index in [1.807, 2.05) is 19.2 Å². The molecule has 2 heterocycles. The Balaban J connectivity index is 1.92. The standard InChI is InChI=1S/C15H20N2O2/c1-16-10-15-13(11-17-6-8-18-9-7-17)12-4-2-3-5-14(12)19-15/h2-5,16H,6-11H2,1H3. The molecule has 1 aliphatic heterocycles. The van der Waals surface area contributed by atoms with Gasteiger partial charge in [0.25, 0.3) is 0 Å². The zero-order chi connectivity index (χ0) is 13.1. The van der Waals surface area contributed by atoms with Crippen molar-refractivity contribution in [3.05, 3.63) is 35.6 Å². The molecule has 0 spiro atoms. The predicted molar refractivity (Wildman–Crippen MR) is 75.1 cm³/mol. The molecule has 1 aliphatic rings. The minimum atomic E-state index is 0.772. The molecule has 19 heavy (non-hydrogen) atoms. The summed E-state index contributed by atoms with van der Waals surface area (Å²) in [5.41, 5.74) is 2.29. The van der Waals surface area contributed by atoms with Crippen molar-refractivity contribution in [3.63, 3.8) is 0 Å². The summed E-state index contributed by atoms with van der Waals surface area (Å²) in [5, 5.41) is 4.42. The molecule has 1 aromatic carbocycles. The molecule has 0 saturated carbocycles. The van der Waals surface area contributed by atoms with Crippen molar-refractivity contribution in [2.24, 2.45) is 0 Å². The van der Waals surface area contributed by atoms with Crippen LogP contribution in [0.25, 0.3) is 11.0 Å². The van der Waals surface area contributed by atoms with E-state index >= 15 is 0 Å². The molecular formula is C15H20N2O2. The number of fused-ring (bicyclic) bond motifs is 1. The number of rotatable bonds is 4. The van der Waals surface area contributed by atoms with Gasteiger partial charge in [0.2, 0.25) is 0 Å². The van der Waals surface area contributed by atoms with Crippen molar-refractivity contribution in [2.75, 3.05) is 33.4 Å². The molecular weight excluding hydrogens is 240 g/mol. The Labute approximate surface area is 113 Å². The van der Waals surface area contributed by atoms with Gasteiger partial charge in [-0.15, -0.1) is 0 Å². The predicted octanol–water partition coefficient (Wildman–Crippen LogP) is 1.98. The van der Waals surface area contributed by atoms with Crippen LogP contribution in [0.2, 0.25) is 0 Å². The van der Waals surface area contributed by atoms with Gasteiger partial charge in [0.15, 0.2) is 0 Å². The summed E-state index contributed by atoms with van der Waals surface area (Å²) in [4.78, 5) is 2.43. The lowest BCUT2D eigenvalue weighted by atomic mass is 10.1. The van der Waals surface area contributed by atoms with Gasteiger partial charge in [0.05, 0.1) is 19.8 Å². The summed E-state index contributed by atoms with van der Waals surface area (Å²) in [6.07, 6.45) is 0. The minimum absolute atomic E-state index is 0.772. The third kappa shape index (κ3) is 2.66. The van der Waals surface area contributed by atoms with E-state index in [4.69, 9.17) is 9.15 Å². The number of para-hydroxylation sites is 1. The molecule has 0 aliphatic carbocycles. The van der Waals surface area contributed by atoms with Crippen LogP contribution in [0.15, 0.2) is 28.7 Å². The number of ether oxygens (including phenoxy) is 1. The van der Waals surface area contributed by atoms with Crippen molar-refractivity contribution >= 4 is 11.0 Å². The molecule has 0 unspecified atom stereocenters. The smallest absolute Gasteiger partial charge is 0.134 e. The molecule has 2 aromatic rings. The van der Waals surface area contributed by atoms with Crippen LogP contribution in [0.1, 0.15) is 11.3 Å². The number of morpholine rings is 1. The Morgan fingerprint density at radius 1 is 1.21 bits per heavy atom. The number of furan rings is 1. The van der Waals surface area contributed by atoms with Gasteiger partial charge in [-0.2, -0.15) is 0 Å². The van der Waals surface area contributed by atoms with Crippen LogP contribution in [0, 0.1) is 0 Å². The number of hydrogen-bond donors (Lipinski definition) is 1. The number of nitrogens with one attached hydrogen (secondary N) is 1. The topological polar surface area (TPSA) is 37.6 Å². The first-order valence-electron chi connectivity index (χ1n) is 6.82. The summed E-state index contributed by atoms with van der Waals surface area (Å²) < 4.78 is 11.4. The molecule has 4 heteroatoms. The maximum Gasteiger partial charge on any atom is 0.134 e. The average molecular weight is 260 g/mol. The van der Waals surface area contributed by atoms with Crippen molar-refractivity contribution in [3.8, 4) is 0 Å². The largest absolute Gasteiger partial charge is 0.459 e. The van der Waals surface area contributed by atoms with Gasteiger partial charge in [0, 0.05) is 30.6 Å². The summed E-state index contributed by atoms with van der Waals surface area (Å²) >= 11 is 0. The first kappa shape index (κ1) is 12.7. The first-order valence-corrected chi connectivity index (χ1v) is 6.82. The molecule has 3 rings (SSSR count). The van der Waals surface area contributed by atoms with Gasteiger partial charge < -0.3 is 14.5 Å². The fourth-order valence-electron chi connectivity index (χ4n) is 2.61. The van der Waals surface area contributed by atoms with Gasteiger partial charge in [-0.25, -0.2) is 0 Å². The molecule has 1 N–H and O–H groups in total. The lowest BCUT2D eigenvalue weighted by Gasteiger charge is -2.26. The molecule has 0 atom stereocenters. The normalized spacial score (nSPS) is 17.1. The van der Waals surface area contributed by atoms with Gasteiger partial charge in [-0.3, -0.25) is 4.90 Å². The van der Waals surface area contributed by atoms with Crippen LogP contribution in [-0.4, -0.2) is 38.3 Å². The number of hydrogen-bond acceptors (Lipinski definition) is 4. The van der Waals surface area contributed by atoms with E-state index in [0.717, 1.165) is 50.7 Å². The van der Waals surface area contributed by atoms with Crippen molar-refractivity contribution in [1.82, 2.24) is 10.2 Å². The Kier molecular flexibility index (Phi) is 3.82. The van der Waals surface area contributed by atoms with Crippen LogP contribution in [0.3, 0.4) is 0 Å². The third-order valence-corrected chi connectivity index (χ3v) is 3.60. The van der Waals surface area contributed by atoms with E-state index < -0.39 is 0 Å². The second-order valence-electron chi connectivity index (χ2n) is 4.92. The first-order chi connectivity index (χ1) is 9.38. The number of nitrogens with zero attached hydrogens (tertiary/aromatic N) is 1. The van der Waals surface area contributed by atoms with Gasteiger partial charge in [-0.05, 0) is 13.1 Å². The average Bonchev–Trinajstić information content (AvgIpc) is 2.79. The fraction of sp³-hybridized carbons (Fsp3) is 0.467. The lowest BCUT2D eigenvalue weighted by Crippen LogP contribution is -2.35. The number of benzene rings is 1. The van der Waals surface area contributed by atoms with Crippen LogP contribution in [0.4, 0.5) is 0 Å². The van der Waals surface area contributed by atoms with Crippen molar-refractivity contribution in [1.29, 1.82) is 0 Å². The van der Waals surface area contributed by atoms with Crippen molar-refractivity contribution < 1.29 is 9.15 Å². The molecule has 0 radical (unpaired) electrons. The maximum absolute atomic E-state index is 5.96. The van der Waals surface area contributed by atoms with E-state index in [0.29, 0.717) is 0 Å². The molecule has 1 fully saturated rings. The maximum atomic E-state index is 5.96. The Morgan fingerprint density at radius 2 is 2.00 bits per heavy atom. The van der Waals surface area contributed by atoms with E-state index in [-0.39, 0.29) is 0 Å². The summed E-state index contributed by atoms with van der Waals surface area (Å²) in [5.74, 6) is 1.05. The van der Waals surface area contributed by atoms with Crippen LogP contribution < -0.4 is 5.32 Å². The van der Waals surface area contributed by atoms with Crippen LogP contribution in [-0.2, 0) is 17.8 Å². The second kappa shape index (κ2) is 5.74. The zero-order valence-corrected chi connectivity index (χ0v) is 11.3. The van der Waals surface area contributed by atoms with Crippen LogP contribution in [0.5, 0.6) is 0 Å². The quantitative estimate of drug-likeness (QED) is 0.912. The third-order valence-electron chi connectivity index (χ3n) is 3.60. The second-order valence-corrected chi connectivity index (χ2v) is 4.92. The minimum Gasteiger partial charge on any atom is -0.459 e. The van der Waals surface area contributed by atoms with Crippen molar-refractivity contribution in [2.45, 2.75) is 13.1 Å². The molecule has 1 aromatic heterocycles. The highest BCUT2D eigenvalue weighted by atomic mass is 16.5.